The lowest BCUT2D eigenvalue weighted by Gasteiger charge is -2.04. The Bertz CT molecular complexity index is 461. The molecule has 1 rings (SSSR count). The van der Waals surface area contributed by atoms with Crippen LogP contribution < -0.4 is 0 Å². The highest BCUT2D eigenvalue weighted by molar-refractivity contribution is 9.13. The van der Waals surface area contributed by atoms with Crippen LogP contribution in [0.15, 0.2) is 8.95 Å². The van der Waals surface area contributed by atoms with Crippen LogP contribution in [0.2, 0.25) is 5.02 Å². The van der Waals surface area contributed by atoms with Crippen LogP contribution in [-0.4, -0.2) is 15.0 Å². The van der Waals surface area contributed by atoms with Gasteiger partial charge in [0.2, 0.25) is 5.75 Å². The summed E-state index contributed by atoms with van der Waals surface area (Å²) in [4.78, 5) is 19.2. The van der Waals surface area contributed by atoms with E-state index in [1.54, 1.807) is 0 Å². The van der Waals surface area contributed by atoms with Gasteiger partial charge < -0.3 is 5.11 Å². The molecule has 0 radical (unpaired) electrons. The number of nitro groups is 2. The van der Waals surface area contributed by atoms with E-state index in [4.69, 9.17) is 11.6 Å². The molecule has 0 aromatic heterocycles. The summed E-state index contributed by atoms with van der Waals surface area (Å²) in [6.07, 6.45) is 0. The van der Waals surface area contributed by atoms with Crippen LogP contribution in [0.5, 0.6) is 5.75 Å². The third-order valence-electron chi connectivity index (χ3n) is 1.61. The van der Waals surface area contributed by atoms with Gasteiger partial charge in [-0.25, -0.2) is 0 Å². The summed E-state index contributed by atoms with van der Waals surface area (Å²) in [6.45, 7) is 0. The molecule has 0 bridgehead atoms. The topological polar surface area (TPSA) is 107 Å². The first-order chi connectivity index (χ1) is 7.29. The maximum Gasteiger partial charge on any atom is 0.390 e. The zero-order chi connectivity index (χ0) is 12.6. The summed E-state index contributed by atoms with van der Waals surface area (Å²) in [5, 5.41) is 30.3. The number of aromatic hydroxyl groups is 1. The fraction of sp³-hybridized carbons (Fsp3) is 0. The summed E-state index contributed by atoms with van der Waals surface area (Å²) in [5.41, 5.74) is -1.91. The van der Waals surface area contributed by atoms with Gasteiger partial charge in [-0.15, -0.1) is 0 Å². The van der Waals surface area contributed by atoms with Gasteiger partial charge in [-0.1, -0.05) is 11.6 Å². The lowest BCUT2D eigenvalue weighted by atomic mass is 10.2. The van der Waals surface area contributed by atoms with Gasteiger partial charge in [0.25, 0.3) is 0 Å². The second-order valence-corrected chi connectivity index (χ2v) is 4.47. The number of phenolic OH excluding ortho intramolecular Hbond substituents is 1. The fourth-order valence-electron chi connectivity index (χ4n) is 0.964. The Morgan fingerprint density at radius 2 is 1.50 bits per heavy atom. The minimum Gasteiger partial charge on any atom is -0.501 e. The van der Waals surface area contributed by atoms with Crippen molar-refractivity contribution >= 4 is 54.8 Å². The number of hydrogen-bond donors (Lipinski definition) is 1. The van der Waals surface area contributed by atoms with Crippen LogP contribution in [0.1, 0.15) is 0 Å². The summed E-state index contributed by atoms with van der Waals surface area (Å²) >= 11 is 11.2. The molecule has 0 fully saturated rings. The van der Waals surface area contributed by atoms with Gasteiger partial charge in [-0.2, -0.15) is 0 Å². The quantitative estimate of drug-likeness (QED) is 0.484. The predicted octanol–water partition coefficient (Wildman–Crippen LogP) is 3.39. The van der Waals surface area contributed by atoms with E-state index >= 15 is 0 Å². The number of nitrogens with zero attached hydrogens (tertiary/aromatic N) is 2. The molecule has 0 spiro atoms. The van der Waals surface area contributed by atoms with Crippen molar-refractivity contribution in [3.8, 4) is 5.75 Å². The molecule has 7 nitrogen and oxygen atoms in total. The highest BCUT2D eigenvalue weighted by Crippen LogP contribution is 2.50. The summed E-state index contributed by atoms with van der Waals surface area (Å²) in [7, 11) is 0. The van der Waals surface area contributed by atoms with Gasteiger partial charge in [0.15, 0.2) is 0 Å². The molecule has 0 saturated carbocycles. The maximum absolute atomic E-state index is 10.7. The Kier molecular flexibility index (Phi) is 3.71. The van der Waals surface area contributed by atoms with Gasteiger partial charge in [-0.3, -0.25) is 20.2 Å². The van der Waals surface area contributed by atoms with Crippen molar-refractivity contribution in [2.24, 2.45) is 0 Å². The minimum atomic E-state index is -1.07. The van der Waals surface area contributed by atoms with Crippen LogP contribution in [0.4, 0.5) is 11.4 Å². The first-order valence-electron chi connectivity index (χ1n) is 3.47. The molecule has 0 aliphatic rings. The van der Waals surface area contributed by atoms with E-state index in [0.717, 1.165) is 0 Å². The van der Waals surface area contributed by atoms with Crippen LogP contribution in [0.25, 0.3) is 0 Å². The second kappa shape index (κ2) is 4.52. The first kappa shape index (κ1) is 13.1. The molecule has 0 unspecified atom stereocenters. The van der Waals surface area contributed by atoms with Crippen molar-refractivity contribution < 1.29 is 15.0 Å². The molecular formula is C6HBr2ClN2O5. The van der Waals surface area contributed by atoms with Gasteiger partial charge in [-0.05, 0) is 31.9 Å². The van der Waals surface area contributed by atoms with E-state index in [2.05, 4.69) is 31.9 Å². The van der Waals surface area contributed by atoms with Crippen LogP contribution in [0, 0.1) is 20.2 Å². The molecule has 0 aliphatic carbocycles. The van der Waals surface area contributed by atoms with E-state index in [1.165, 1.54) is 0 Å². The van der Waals surface area contributed by atoms with Crippen LogP contribution in [-0.2, 0) is 0 Å². The van der Waals surface area contributed by atoms with Crippen molar-refractivity contribution in [3.05, 3.63) is 34.2 Å². The molecule has 86 valence electrons. The number of benzene rings is 1. The third-order valence-corrected chi connectivity index (χ3v) is 4.31. The van der Waals surface area contributed by atoms with Crippen LogP contribution >= 0.6 is 43.5 Å². The Labute approximate surface area is 110 Å². The summed E-state index contributed by atoms with van der Waals surface area (Å²) in [6, 6.07) is 0. The lowest BCUT2D eigenvalue weighted by molar-refractivity contribution is -0.423. The standard InChI is InChI=1S/C6HBr2ClN2O5/c7-1-2(8)4(10(13)14)5(11(15)16)6(12)3(1)9/h12H. The number of nitro benzene ring substituents is 2. The Morgan fingerprint density at radius 1 is 1.06 bits per heavy atom. The average Bonchev–Trinajstić information content (AvgIpc) is 2.18. The second-order valence-electron chi connectivity index (χ2n) is 2.50. The highest BCUT2D eigenvalue weighted by Gasteiger charge is 2.36. The number of halogens is 3. The van der Waals surface area contributed by atoms with Gasteiger partial charge in [0, 0.05) is 0 Å². The average molecular weight is 376 g/mol. The molecule has 0 atom stereocenters. The van der Waals surface area contributed by atoms with E-state index in [-0.39, 0.29) is 14.0 Å². The van der Waals surface area contributed by atoms with Crippen LogP contribution in [0.3, 0.4) is 0 Å². The number of phenols is 1. The van der Waals surface area contributed by atoms with E-state index < -0.39 is 27.0 Å². The largest absolute Gasteiger partial charge is 0.501 e. The number of hydrogen-bond acceptors (Lipinski definition) is 5. The molecule has 10 heteroatoms. The predicted molar refractivity (Wildman–Crippen MR) is 61.8 cm³/mol. The van der Waals surface area contributed by atoms with Crippen molar-refractivity contribution in [1.29, 1.82) is 0 Å². The molecule has 16 heavy (non-hydrogen) atoms. The molecule has 0 saturated heterocycles. The van der Waals surface area contributed by atoms with Gasteiger partial charge in [0.05, 0.1) is 14.3 Å². The summed E-state index contributed by atoms with van der Waals surface area (Å²) in [5.74, 6) is -0.951. The zero-order valence-corrected chi connectivity index (χ0v) is 11.0. The van der Waals surface area contributed by atoms with E-state index in [9.17, 15) is 25.3 Å². The van der Waals surface area contributed by atoms with Crippen molar-refractivity contribution in [1.82, 2.24) is 0 Å². The number of rotatable bonds is 2. The smallest absolute Gasteiger partial charge is 0.390 e. The first-order valence-corrected chi connectivity index (χ1v) is 5.43. The SMILES string of the molecule is O=[N+]([O-])c1c(O)c(Cl)c(Br)c(Br)c1[N+](=O)[O-]. The van der Waals surface area contributed by atoms with Crippen molar-refractivity contribution in [2.75, 3.05) is 0 Å². The van der Waals surface area contributed by atoms with E-state index in [1.807, 2.05) is 0 Å². The molecule has 1 N–H and O–H groups in total. The van der Waals surface area contributed by atoms with E-state index in [0.29, 0.717) is 0 Å². The van der Waals surface area contributed by atoms with Crippen molar-refractivity contribution in [2.45, 2.75) is 0 Å². The molecule has 0 amide bonds. The molecular weight excluding hydrogens is 375 g/mol. The molecule has 1 aromatic rings. The third kappa shape index (κ3) is 1.97. The van der Waals surface area contributed by atoms with Crippen molar-refractivity contribution in [3.63, 3.8) is 0 Å². The Balaban J connectivity index is 3.83. The van der Waals surface area contributed by atoms with Gasteiger partial charge in [0.1, 0.15) is 9.50 Å². The normalized spacial score (nSPS) is 10.2. The molecule has 1 aromatic carbocycles. The minimum absolute atomic E-state index is 0.0241. The maximum atomic E-state index is 10.7. The summed E-state index contributed by atoms with van der Waals surface area (Å²) < 4.78 is -0.226. The molecule has 0 aliphatic heterocycles. The van der Waals surface area contributed by atoms with Gasteiger partial charge >= 0.3 is 11.4 Å². The fourth-order valence-corrected chi connectivity index (χ4v) is 2.17. The monoisotopic (exact) mass is 374 g/mol. The molecule has 0 heterocycles. The zero-order valence-electron chi connectivity index (χ0n) is 7.11. The highest BCUT2D eigenvalue weighted by atomic mass is 79.9. The Morgan fingerprint density at radius 3 is 1.88 bits per heavy atom. The lowest BCUT2D eigenvalue weighted by Crippen LogP contribution is -1.99. The Hall–Kier alpha value is -0.930.